The summed E-state index contributed by atoms with van der Waals surface area (Å²) in [5, 5.41) is 10.5. The summed E-state index contributed by atoms with van der Waals surface area (Å²) in [5.41, 5.74) is -0.00910. The van der Waals surface area contributed by atoms with E-state index in [9.17, 15) is 9.90 Å². The van der Waals surface area contributed by atoms with Crippen molar-refractivity contribution in [3.05, 3.63) is 48.0 Å². The third-order valence-corrected chi connectivity index (χ3v) is 3.53. The van der Waals surface area contributed by atoms with Crippen LogP contribution in [0, 0.1) is 0 Å². The molecule has 2 aliphatic heterocycles. The van der Waals surface area contributed by atoms with Gasteiger partial charge >= 0.3 is 0 Å². The van der Waals surface area contributed by atoms with E-state index in [0.29, 0.717) is 6.54 Å². The van der Waals surface area contributed by atoms with Crippen molar-refractivity contribution in [3.63, 3.8) is 0 Å². The Morgan fingerprint density at radius 2 is 2.06 bits per heavy atom. The monoisotopic (exact) mass is 215 g/mol. The average Bonchev–Trinajstić information content (AvgIpc) is 2.78. The molecule has 1 saturated heterocycles. The van der Waals surface area contributed by atoms with Crippen molar-refractivity contribution in [1.82, 2.24) is 4.90 Å². The Kier molecular flexibility index (Phi) is 1.91. The molecule has 0 radical (unpaired) electrons. The minimum atomic E-state index is -1.10. The summed E-state index contributed by atoms with van der Waals surface area (Å²) in [7, 11) is 0. The molecule has 16 heavy (non-hydrogen) atoms. The van der Waals surface area contributed by atoms with Crippen LogP contribution in [0.1, 0.15) is 17.9 Å². The molecule has 2 unspecified atom stereocenters. The van der Waals surface area contributed by atoms with E-state index in [1.165, 1.54) is 6.08 Å². The van der Waals surface area contributed by atoms with Gasteiger partial charge in [-0.2, -0.15) is 0 Å². The van der Waals surface area contributed by atoms with Crippen molar-refractivity contribution < 1.29 is 9.90 Å². The SMILES string of the molecule is O=C1C=CC2(O)C(c3ccccc3)CCN12. The van der Waals surface area contributed by atoms with E-state index in [4.69, 9.17) is 0 Å². The van der Waals surface area contributed by atoms with Gasteiger partial charge in [0.15, 0.2) is 5.72 Å². The topological polar surface area (TPSA) is 40.5 Å². The lowest BCUT2D eigenvalue weighted by atomic mass is 9.89. The third kappa shape index (κ3) is 1.15. The fourth-order valence-electron chi connectivity index (χ4n) is 2.71. The van der Waals surface area contributed by atoms with E-state index in [0.717, 1.165) is 12.0 Å². The molecule has 3 rings (SSSR count). The quantitative estimate of drug-likeness (QED) is 0.766. The molecule has 1 fully saturated rings. The van der Waals surface area contributed by atoms with E-state index in [1.54, 1.807) is 11.0 Å². The van der Waals surface area contributed by atoms with Crippen LogP contribution >= 0.6 is 0 Å². The number of hydrogen-bond acceptors (Lipinski definition) is 2. The predicted molar refractivity (Wildman–Crippen MR) is 59.6 cm³/mol. The second kappa shape index (κ2) is 3.19. The smallest absolute Gasteiger partial charge is 0.248 e. The maximum Gasteiger partial charge on any atom is 0.248 e. The van der Waals surface area contributed by atoms with Gasteiger partial charge < -0.3 is 10.0 Å². The number of fused-ring (bicyclic) bond motifs is 1. The van der Waals surface area contributed by atoms with Crippen LogP contribution in [0.2, 0.25) is 0 Å². The van der Waals surface area contributed by atoms with Crippen LogP contribution < -0.4 is 0 Å². The van der Waals surface area contributed by atoms with Gasteiger partial charge in [-0.1, -0.05) is 30.3 Å². The molecule has 0 aromatic heterocycles. The molecule has 82 valence electrons. The molecule has 2 aliphatic rings. The lowest BCUT2D eigenvalue weighted by molar-refractivity contribution is -0.137. The molecule has 0 saturated carbocycles. The largest absolute Gasteiger partial charge is 0.367 e. The van der Waals surface area contributed by atoms with Gasteiger partial charge in [-0.25, -0.2) is 0 Å². The molecule has 0 bridgehead atoms. The Morgan fingerprint density at radius 3 is 2.81 bits per heavy atom. The lowest BCUT2D eigenvalue weighted by Gasteiger charge is -2.30. The van der Waals surface area contributed by atoms with Crippen LogP contribution in [-0.4, -0.2) is 28.2 Å². The van der Waals surface area contributed by atoms with Gasteiger partial charge in [-0.15, -0.1) is 0 Å². The molecule has 2 heterocycles. The second-order valence-electron chi connectivity index (χ2n) is 4.36. The van der Waals surface area contributed by atoms with Gasteiger partial charge in [0.2, 0.25) is 5.91 Å². The maximum absolute atomic E-state index is 11.5. The van der Waals surface area contributed by atoms with Crippen LogP contribution in [0.3, 0.4) is 0 Å². The summed E-state index contributed by atoms with van der Waals surface area (Å²) in [6.45, 7) is 0.627. The van der Waals surface area contributed by atoms with Crippen LogP contribution in [0.4, 0.5) is 0 Å². The molecule has 1 N–H and O–H groups in total. The van der Waals surface area contributed by atoms with Crippen molar-refractivity contribution in [1.29, 1.82) is 0 Å². The highest BCUT2D eigenvalue weighted by Crippen LogP contribution is 2.43. The normalized spacial score (nSPS) is 32.2. The second-order valence-corrected chi connectivity index (χ2v) is 4.36. The number of aliphatic hydroxyl groups is 1. The molecule has 0 spiro atoms. The summed E-state index contributed by atoms with van der Waals surface area (Å²) in [5.74, 6) is -0.0858. The Bertz CT molecular complexity index is 454. The van der Waals surface area contributed by atoms with Gasteiger partial charge in [0.1, 0.15) is 0 Å². The maximum atomic E-state index is 11.5. The molecule has 2 atom stereocenters. The standard InChI is InChI=1S/C13H13NO2/c15-12-6-8-13(16)11(7-9-14(12)13)10-4-2-1-3-5-10/h1-6,8,11,16H,7,9H2. The van der Waals surface area contributed by atoms with Crippen LogP contribution in [0.5, 0.6) is 0 Å². The first-order chi connectivity index (χ1) is 7.72. The summed E-state index contributed by atoms with van der Waals surface area (Å²) in [6.07, 6.45) is 3.91. The number of nitrogens with zero attached hydrogens (tertiary/aromatic N) is 1. The van der Waals surface area contributed by atoms with Gasteiger partial charge in [0, 0.05) is 18.5 Å². The molecule has 0 aliphatic carbocycles. The van der Waals surface area contributed by atoms with Crippen molar-refractivity contribution >= 4 is 5.91 Å². The van der Waals surface area contributed by atoms with E-state index in [2.05, 4.69) is 0 Å². The lowest BCUT2D eigenvalue weighted by Crippen LogP contribution is -2.43. The first-order valence-corrected chi connectivity index (χ1v) is 5.50. The van der Waals surface area contributed by atoms with Crippen molar-refractivity contribution in [3.8, 4) is 0 Å². The van der Waals surface area contributed by atoms with Gasteiger partial charge in [-0.3, -0.25) is 4.79 Å². The van der Waals surface area contributed by atoms with Crippen LogP contribution in [-0.2, 0) is 4.79 Å². The molecular weight excluding hydrogens is 202 g/mol. The number of benzene rings is 1. The zero-order valence-corrected chi connectivity index (χ0v) is 8.84. The van der Waals surface area contributed by atoms with Gasteiger partial charge in [0.05, 0.1) is 0 Å². The summed E-state index contributed by atoms with van der Waals surface area (Å²) >= 11 is 0. The van der Waals surface area contributed by atoms with E-state index in [1.807, 2.05) is 30.3 Å². The van der Waals surface area contributed by atoms with Crippen molar-refractivity contribution in [2.45, 2.75) is 18.1 Å². The van der Waals surface area contributed by atoms with Crippen molar-refractivity contribution in [2.75, 3.05) is 6.54 Å². The first kappa shape index (κ1) is 9.60. The average molecular weight is 215 g/mol. The van der Waals surface area contributed by atoms with E-state index >= 15 is 0 Å². The van der Waals surface area contributed by atoms with Crippen LogP contribution in [0.25, 0.3) is 0 Å². The van der Waals surface area contributed by atoms with E-state index in [-0.39, 0.29) is 11.8 Å². The molecule has 1 aromatic carbocycles. The van der Waals surface area contributed by atoms with Gasteiger partial charge in [-0.05, 0) is 18.1 Å². The Hall–Kier alpha value is -1.61. The van der Waals surface area contributed by atoms with Crippen LogP contribution in [0.15, 0.2) is 42.5 Å². The molecule has 3 heteroatoms. The predicted octanol–water partition coefficient (Wildman–Crippen LogP) is 1.26. The fourth-order valence-corrected chi connectivity index (χ4v) is 2.71. The number of amides is 1. The molecular formula is C13H13NO2. The third-order valence-electron chi connectivity index (χ3n) is 3.53. The number of carbonyl (C=O) groups is 1. The van der Waals surface area contributed by atoms with E-state index < -0.39 is 5.72 Å². The Morgan fingerprint density at radius 1 is 1.31 bits per heavy atom. The van der Waals surface area contributed by atoms with Gasteiger partial charge in [0.25, 0.3) is 0 Å². The molecule has 3 nitrogen and oxygen atoms in total. The number of rotatable bonds is 1. The number of hydrogen-bond donors (Lipinski definition) is 1. The minimum absolute atomic E-state index is 0.00333. The molecule has 1 amide bonds. The molecule has 1 aromatic rings. The zero-order valence-electron chi connectivity index (χ0n) is 8.84. The minimum Gasteiger partial charge on any atom is -0.367 e. The highest BCUT2D eigenvalue weighted by molar-refractivity contribution is 5.91. The number of carbonyl (C=O) groups excluding carboxylic acids is 1. The Balaban J connectivity index is 2.00. The fraction of sp³-hybridized carbons (Fsp3) is 0.308. The summed E-state index contributed by atoms with van der Waals surface area (Å²) in [4.78, 5) is 13.1. The van der Waals surface area contributed by atoms with Crippen molar-refractivity contribution in [2.24, 2.45) is 0 Å². The highest BCUT2D eigenvalue weighted by atomic mass is 16.3. The zero-order chi connectivity index (χ0) is 11.2. The summed E-state index contributed by atoms with van der Waals surface area (Å²) in [6, 6.07) is 9.88. The summed E-state index contributed by atoms with van der Waals surface area (Å²) < 4.78 is 0. The Labute approximate surface area is 94.0 Å². The first-order valence-electron chi connectivity index (χ1n) is 5.50. The highest BCUT2D eigenvalue weighted by Gasteiger charge is 2.50.